The van der Waals surface area contributed by atoms with Crippen LogP contribution in [-0.2, 0) is 24.3 Å². The van der Waals surface area contributed by atoms with Gasteiger partial charge >= 0.3 is 17.8 Å². The van der Waals surface area contributed by atoms with E-state index >= 15 is 0 Å². The van der Waals surface area contributed by atoms with Crippen molar-refractivity contribution in [2.24, 2.45) is 5.73 Å². The fourth-order valence-electron chi connectivity index (χ4n) is 2.73. The average Bonchev–Trinajstić information content (AvgIpc) is 3.39. The third kappa shape index (κ3) is 7.10. The number of H-pyrrole nitrogens is 1. The molecule has 9 nitrogen and oxygen atoms in total. The lowest BCUT2D eigenvalue weighted by atomic mass is 10.1. The van der Waals surface area contributed by atoms with Crippen LogP contribution in [0.5, 0.6) is 0 Å². The molecule has 0 radical (unpaired) electrons. The van der Waals surface area contributed by atoms with E-state index in [0.29, 0.717) is 0 Å². The fraction of sp³-hybridized carbons (Fsp3) is 0.300. The molecule has 0 saturated carbocycles. The van der Waals surface area contributed by atoms with Crippen molar-refractivity contribution in [1.29, 1.82) is 0 Å². The van der Waals surface area contributed by atoms with Crippen molar-refractivity contribution < 1.29 is 31.9 Å². The fourth-order valence-corrected chi connectivity index (χ4v) is 2.73. The van der Waals surface area contributed by atoms with Crippen LogP contribution in [0.1, 0.15) is 18.3 Å². The van der Waals surface area contributed by atoms with Gasteiger partial charge in [-0.3, -0.25) is 9.25 Å². The minimum atomic E-state index is -5.08. The van der Waals surface area contributed by atoms with E-state index in [9.17, 15) is 26.7 Å². The number of benzene rings is 1. The number of hydrogen-bond acceptors (Lipinski definition) is 5. The summed E-state index contributed by atoms with van der Waals surface area (Å²) in [5, 5.41) is 17.5. The maximum absolute atomic E-state index is 12.9. The Kier molecular flexibility index (Phi) is 8.83. The van der Waals surface area contributed by atoms with E-state index in [-0.39, 0.29) is 30.9 Å². The van der Waals surface area contributed by atoms with Gasteiger partial charge in [-0.05, 0) is 18.1 Å². The third-order valence-corrected chi connectivity index (χ3v) is 4.55. The van der Waals surface area contributed by atoms with E-state index in [4.69, 9.17) is 15.6 Å². The molecule has 4 N–H and O–H groups in total. The van der Waals surface area contributed by atoms with Crippen molar-refractivity contribution in [3.8, 4) is 11.1 Å². The summed E-state index contributed by atoms with van der Waals surface area (Å²) in [6.45, 7) is 2.75. The second-order valence-corrected chi connectivity index (χ2v) is 6.86. The molecule has 3 aromatic rings. The molecule has 0 amide bonds. The lowest BCUT2D eigenvalue weighted by Gasteiger charge is -2.08. The first-order valence-corrected chi connectivity index (χ1v) is 9.75. The topological polar surface area (TPSA) is 132 Å². The summed E-state index contributed by atoms with van der Waals surface area (Å²) < 4.78 is 60.6. The summed E-state index contributed by atoms with van der Waals surface area (Å²) in [4.78, 5) is 20.9. The van der Waals surface area contributed by atoms with Gasteiger partial charge in [-0.1, -0.05) is 24.3 Å². The number of aliphatic carboxylic acids is 1. The zero-order chi connectivity index (χ0) is 25.5. The molecule has 2 heterocycles. The predicted molar refractivity (Wildman–Crippen MR) is 111 cm³/mol. The molecule has 0 spiro atoms. The number of aryl methyl sites for hydroxylation is 1. The molecular formula is C20H21F5N6O3. The smallest absolute Gasteiger partial charge is 0.475 e. The van der Waals surface area contributed by atoms with Crippen molar-refractivity contribution in [2.75, 3.05) is 6.54 Å². The SMILES string of the molecule is CCn1cc(-c2ccc(Cn3c(CC(CN)=C(F)F)n[nH]c3=O)cc2)cn1.O=C(O)C(F)(F)F. The van der Waals surface area contributed by atoms with Gasteiger partial charge in [-0.15, -0.1) is 0 Å². The maximum Gasteiger partial charge on any atom is 0.490 e. The average molecular weight is 488 g/mol. The van der Waals surface area contributed by atoms with Gasteiger partial charge in [0.15, 0.2) is 0 Å². The highest BCUT2D eigenvalue weighted by molar-refractivity contribution is 5.73. The van der Waals surface area contributed by atoms with Crippen LogP contribution in [0.15, 0.2) is 53.1 Å². The lowest BCUT2D eigenvalue weighted by Crippen LogP contribution is -2.21. The number of carboxylic acid groups (broad SMARTS) is 1. The minimum Gasteiger partial charge on any atom is -0.475 e. The third-order valence-electron chi connectivity index (χ3n) is 4.55. The van der Waals surface area contributed by atoms with Gasteiger partial charge in [-0.2, -0.15) is 32.1 Å². The van der Waals surface area contributed by atoms with Crippen LogP contribution in [0.2, 0.25) is 0 Å². The van der Waals surface area contributed by atoms with Gasteiger partial charge in [0.1, 0.15) is 5.82 Å². The van der Waals surface area contributed by atoms with Crippen LogP contribution in [0, 0.1) is 0 Å². The monoisotopic (exact) mass is 488 g/mol. The van der Waals surface area contributed by atoms with E-state index in [1.165, 1.54) is 4.57 Å². The Morgan fingerprint density at radius 3 is 2.26 bits per heavy atom. The Morgan fingerprint density at radius 1 is 1.18 bits per heavy atom. The molecule has 0 bridgehead atoms. The Hall–Kier alpha value is -3.81. The van der Waals surface area contributed by atoms with E-state index in [2.05, 4.69) is 15.3 Å². The van der Waals surface area contributed by atoms with E-state index < -0.39 is 23.9 Å². The Bertz CT molecular complexity index is 1190. The second-order valence-electron chi connectivity index (χ2n) is 6.86. The van der Waals surface area contributed by atoms with Crippen LogP contribution in [-0.4, -0.2) is 48.3 Å². The van der Waals surface area contributed by atoms with Crippen LogP contribution < -0.4 is 11.4 Å². The number of halogens is 5. The molecule has 34 heavy (non-hydrogen) atoms. The molecule has 0 aliphatic rings. The number of rotatable bonds is 7. The van der Waals surface area contributed by atoms with Crippen LogP contribution in [0.4, 0.5) is 22.0 Å². The molecule has 1 aromatic carbocycles. The summed E-state index contributed by atoms with van der Waals surface area (Å²) in [6, 6.07) is 7.64. The summed E-state index contributed by atoms with van der Waals surface area (Å²) in [6.07, 6.45) is -3.34. The quantitative estimate of drug-likeness (QED) is 0.438. The normalized spacial score (nSPS) is 11.0. The van der Waals surface area contributed by atoms with Gasteiger partial charge in [0.25, 0.3) is 6.08 Å². The van der Waals surface area contributed by atoms with Crippen molar-refractivity contribution in [3.05, 3.63) is 70.2 Å². The number of nitrogens with zero attached hydrogens (tertiary/aromatic N) is 4. The molecule has 0 atom stereocenters. The number of alkyl halides is 3. The number of hydrogen-bond donors (Lipinski definition) is 3. The van der Waals surface area contributed by atoms with Crippen molar-refractivity contribution >= 4 is 5.97 Å². The van der Waals surface area contributed by atoms with E-state index in [0.717, 1.165) is 23.2 Å². The van der Waals surface area contributed by atoms with Crippen LogP contribution >= 0.6 is 0 Å². The Morgan fingerprint density at radius 2 is 1.79 bits per heavy atom. The molecule has 2 aromatic heterocycles. The largest absolute Gasteiger partial charge is 0.490 e. The van der Waals surface area contributed by atoms with Gasteiger partial charge in [-0.25, -0.2) is 14.7 Å². The summed E-state index contributed by atoms with van der Waals surface area (Å²) in [5.41, 5.74) is 7.52. The summed E-state index contributed by atoms with van der Waals surface area (Å²) in [7, 11) is 0. The van der Waals surface area contributed by atoms with Crippen LogP contribution in [0.25, 0.3) is 11.1 Å². The zero-order valence-corrected chi connectivity index (χ0v) is 17.8. The van der Waals surface area contributed by atoms with Gasteiger partial charge < -0.3 is 10.8 Å². The van der Waals surface area contributed by atoms with Gasteiger partial charge in [0.2, 0.25) is 0 Å². The number of nitrogens with two attached hydrogens (primary N) is 1. The van der Waals surface area contributed by atoms with Crippen molar-refractivity contribution in [1.82, 2.24) is 24.5 Å². The predicted octanol–water partition coefficient (Wildman–Crippen LogP) is 2.79. The molecule has 184 valence electrons. The summed E-state index contributed by atoms with van der Waals surface area (Å²) in [5.74, 6) is -2.53. The Labute approximate surface area is 189 Å². The van der Waals surface area contributed by atoms with Crippen molar-refractivity contribution in [2.45, 2.75) is 32.6 Å². The number of carbonyl (C=O) groups is 1. The van der Waals surface area contributed by atoms with Gasteiger partial charge in [0.05, 0.1) is 12.7 Å². The zero-order valence-electron chi connectivity index (χ0n) is 17.8. The lowest BCUT2D eigenvalue weighted by molar-refractivity contribution is -0.192. The maximum atomic E-state index is 12.9. The number of aromatic nitrogens is 5. The molecule has 0 unspecified atom stereocenters. The highest BCUT2D eigenvalue weighted by atomic mass is 19.4. The number of aromatic amines is 1. The first-order valence-electron chi connectivity index (χ1n) is 9.75. The van der Waals surface area contributed by atoms with Crippen molar-refractivity contribution in [3.63, 3.8) is 0 Å². The minimum absolute atomic E-state index is 0.175. The molecule has 0 aliphatic heterocycles. The molecule has 0 saturated heterocycles. The Balaban J connectivity index is 0.000000509. The number of carboxylic acids is 1. The highest BCUT2D eigenvalue weighted by Crippen LogP contribution is 2.20. The van der Waals surface area contributed by atoms with Crippen LogP contribution in [0.3, 0.4) is 0 Å². The first kappa shape index (κ1) is 26.4. The molecular weight excluding hydrogens is 467 g/mol. The standard InChI is InChI=1S/C18H20F2N6O.C2HF3O2/c1-2-25-11-15(9-22-25)13-5-3-12(4-6-13)10-26-16(23-24-18(26)27)7-14(8-21)17(19)20;3-2(4,5)1(6)7/h3-6,9,11H,2,7-8,10,21H2,1H3,(H,24,27);(H,6,7). The molecule has 3 rings (SSSR count). The molecule has 14 heteroatoms. The molecule has 0 fully saturated rings. The number of nitrogens with one attached hydrogen (secondary N) is 1. The highest BCUT2D eigenvalue weighted by Gasteiger charge is 2.38. The van der Waals surface area contributed by atoms with Gasteiger partial charge in [0, 0.05) is 36.8 Å². The molecule has 0 aliphatic carbocycles. The second kappa shape index (κ2) is 11.4. The van der Waals surface area contributed by atoms with E-state index in [1.54, 1.807) is 6.20 Å². The first-order chi connectivity index (χ1) is 16.0. The summed E-state index contributed by atoms with van der Waals surface area (Å²) >= 11 is 0. The van der Waals surface area contributed by atoms with E-state index in [1.807, 2.05) is 42.1 Å².